The molecule has 2 aromatic carbocycles. The number of carbonyl (C=O) groups excluding carboxylic acids is 2. The second-order valence-corrected chi connectivity index (χ2v) is 12.0. The maximum atomic E-state index is 13.5. The Morgan fingerprint density at radius 1 is 0.944 bits per heavy atom. The lowest BCUT2D eigenvalue weighted by Gasteiger charge is -2.29. The summed E-state index contributed by atoms with van der Waals surface area (Å²) in [6.45, 7) is 12.0. The van der Waals surface area contributed by atoms with E-state index in [4.69, 9.17) is 5.41 Å². The Labute approximate surface area is 215 Å². The highest BCUT2D eigenvalue weighted by molar-refractivity contribution is 7.12. The summed E-state index contributed by atoms with van der Waals surface area (Å²) in [5, 5.41) is 24.2. The van der Waals surface area contributed by atoms with Crippen LogP contribution in [-0.4, -0.2) is 29.4 Å². The van der Waals surface area contributed by atoms with Crippen molar-refractivity contribution in [3.63, 3.8) is 0 Å². The molecule has 2 heterocycles. The Morgan fingerprint density at radius 3 is 2.03 bits per heavy atom. The summed E-state index contributed by atoms with van der Waals surface area (Å²) >= 11 is 1.47. The number of imide groups is 1. The summed E-state index contributed by atoms with van der Waals surface area (Å²) in [6, 6.07) is 13.8. The van der Waals surface area contributed by atoms with Gasteiger partial charge in [-0.15, -0.1) is 11.3 Å². The van der Waals surface area contributed by atoms with Crippen LogP contribution in [0.4, 0.5) is 21.9 Å². The van der Waals surface area contributed by atoms with E-state index < -0.39 is 6.03 Å². The number of benzene rings is 2. The van der Waals surface area contributed by atoms with Gasteiger partial charge < -0.3 is 10.4 Å². The van der Waals surface area contributed by atoms with Gasteiger partial charge in [-0.2, -0.15) is 0 Å². The molecule has 0 saturated carbocycles. The number of amides is 3. The van der Waals surface area contributed by atoms with Gasteiger partial charge in [-0.05, 0) is 58.7 Å². The van der Waals surface area contributed by atoms with Crippen molar-refractivity contribution in [1.29, 1.82) is 5.41 Å². The second kappa shape index (κ2) is 9.09. The van der Waals surface area contributed by atoms with Crippen molar-refractivity contribution in [2.75, 3.05) is 21.7 Å². The molecule has 0 unspecified atom stereocenters. The minimum absolute atomic E-state index is 0.0835. The van der Waals surface area contributed by atoms with E-state index in [9.17, 15) is 14.7 Å². The van der Waals surface area contributed by atoms with Crippen molar-refractivity contribution in [2.24, 2.45) is 0 Å². The van der Waals surface area contributed by atoms with Crippen LogP contribution in [0.5, 0.6) is 5.75 Å². The zero-order chi connectivity index (χ0) is 26.4. The summed E-state index contributed by atoms with van der Waals surface area (Å²) < 4.78 is 0. The van der Waals surface area contributed by atoms with E-state index >= 15 is 0 Å². The van der Waals surface area contributed by atoms with Crippen LogP contribution in [0, 0.1) is 5.41 Å². The van der Waals surface area contributed by atoms with Crippen LogP contribution in [0.3, 0.4) is 0 Å². The Kier molecular flexibility index (Phi) is 6.43. The van der Waals surface area contributed by atoms with Gasteiger partial charge in [0.1, 0.15) is 18.1 Å². The lowest BCUT2D eigenvalue weighted by molar-refractivity contribution is -0.115. The summed E-state index contributed by atoms with van der Waals surface area (Å²) in [6.07, 6.45) is 0. The van der Waals surface area contributed by atoms with Crippen LogP contribution in [-0.2, 0) is 15.6 Å². The summed E-state index contributed by atoms with van der Waals surface area (Å²) in [5.74, 6) is 0.188. The zero-order valence-corrected chi connectivity index (χ0v) is 22.3. The minimum Gasteiger partial charge on any atom is -0.507 e. The van der Waals surface area contributed by atoms with E-state index in [1.54, 1.807) is 24.3 Å². The molecule has 36 heavy (non-hydrogen) atoms. The summed E-state index contributed by atoms with van der Waals surface area (Å²) in [5.41, 5.74) is 2.49. The highest BCUT2D eigenvalue weighted by Gasteiger charge is 2.39. The quantitative estimate of drug-likeness (QED) is 0.216. The van der Waals surface area contributed by atoms with Crippen molar-refractivity contribution in [3.8, 4) is 5.75 Å². The van der Waals surface area contributed by atoms with Gasteiger partial charge in [-0.3, -0.25) is 15.1 Å². The Hall–Kier alpha value is -3.65. The fourth-order valence-electron chi connectivity index (χ4n) is 4.20. The van der Waals surface area contributed by atoms with Crippen LogP contribution in [0.1, 0.15) is 57.5 Å². The van der Waals surface area contributed by atoms with Crippen LogP contribution in [0.2, 0.25) is 0 Å². The molecular formula is C28H32N4O3S. The number of carbonyl (C=O) groups is 2. The van der Waals surface area contributed by atoms with E-state index in [2.05, 4.69) is 5.32 Å². The number of anilines is 3. The van der Waals surface area contributed by atoms with Gasteiger partial charge in [0.25, 0.3) is 5.91 Å². The molecule has 4 rings (SSSR count). The number of phenolic OH excluding ortho intramolecular Hbond substituents is 1. The third-order valence-electron chi connectivity index (χ3n) is 6.15. The normalized spacial score (nSPS) is 14.5. The Morgan fingerprint density at radius 2 is 1.53 bits per heavy atom. The number of urea groups is 1. The van der Waals surface area contributed by atoms with Crippen LogP contribution >= 0.6 is 11.3 Å². The SMILES string of the molecule is CC(C)(C)c1cc(N2CC(=O)N(c3ccc(NC(=N)c4cccs4)cc3)C2=O)cc(C(C)(C)C)c1O. The first-order chi connectivity index (χ1) is 16.8. The fourth-order valence-corrected chi connectivity index (χ4v) is 4.83. The molecule has 1 aliphatic rings. The topological polar surface area (TPSA) is 96.7 Å². The first-order valence-corrected chi connectivity index (χ1v) is 12.7. The van der Waals surface area contributed by atoms with Crippen molar-refractivity contribution in [3.05, 3.63) is 69.9 Å². The molecule has 3 amide bonds. The molecule has 0 atom stereocenters. The highest BCUT2D eigenvalue weighted by Crippen LogP contribution is 2.42. The first kappa shape index (κ1) is 25.4. The van der Waals surface area contributed by atoms with Gasteiger partial charge in [-0.25, -0.2) is 9.69 Å². The fraction of sp³-hybridized carbons (Fsp3) is 0.321. The minimum atomic E-state index is -0.433. The van der Waals surface area contributed by atoms with E-state index in [1.165, 1.54) is 21.1 Å². The largest absolute Gasteiger partial charge is 0.507 e. The predicted octanol–water partition coefficient (Wildman–Crippen LogP) is 6.46. The van der Waals surface area contributed by atoms with Crippen molar-refractivity contribution in [2.45, 2.75) is 52.4 Å². The molecule has 188 valence electrons. The van der Waals surface area contributed by atoms with Crippen LogP contribution < -0.4 is 15.1 Å². The summed E-state index contributed by atoms with van der Waals surface area (Å²) in [7, 11) is 0. The van der Waals surface area contributed by atoms with E-state index in [-0.39, 0.29) is 34.9 Å². The number of phenols is 1. The highest BCUT2D eigenvalue weighted by atomic mass is 32.1. The molecule has 0 radical (unpaired) electrons. The van der Waals surface area contributed by atoms with E-state index in [0.717, 1.165) is 16.0 Å². The number of amidine groups is 1. The maximum Gasteiger partial charge on any atom is 0.336 e. The van der Waals surface area contributed by atoms with Crippen LogP contribution in [0.25, 0.3) is 0 Å². The lowest BCUT2D eigenvalue weighted by atomic mass is 9.79. The zero-order valence-electron chi connectivity index (χ0n) is 21.5. The molecule has 1 fully saturated rings. The predicted molar refractivity (Wildman–Crippen MR) is 147 cm³/mol. The molecule has 1 aromatic heterocycles. The molecule has 0 bridgehead atoms. The second-order valence-electron chi connectivity index (χ2n) is 11.0. The lowest BCUT2D eigenvalue weighted by Crippen LogP contribution is -2.33. The van der Waals surface area contributed by atoms with Gasteiger partial charge in [0.05, 0.1) is 10.6 Å². The third-order valence-corrected chi connectivity index (χ3v) is 7.04. The molecular weight excluding hydrogens is 472 g/mol. The number of aromatic hydroxyl groups is 1. The van der Waals surface area contributed by atoms with Gasteiger partial charge in [0.2, 0.25) is 0 Å². The van der Waals surface area contributed by atoms with Gasteiger partial charge >= 0.3 is 6.03 Å². The number of thiophene rings is 1. The number of hydrogen-bond acceptors (Lipinski definition) is 5. The summed E-state index contributed by atoms with van der Waals surface area (Å²) in [4.78, 5) is 29.9. The number of nitrogens with one attached hydrogen (secondary N) is 2. The van der Waals surface area contributed by atoms with Gasteiger partial charge in [-0.1, -0.05) is 47.6 Å². The monoisotopic (exact) mass is 504 g/mol. The molecule has 3 aromatic rings. The van der Waals surface area contributed by atoms with E-state index in [1.807, 2.05) is 71.2 Å². The first-order valence-electron chi connectivity index (χ1n) is 11.8. The number of hydrogen-bond donors (Lipinski definition) is 3. The average molecular weight is 505 g/mol. The van der Waals surface area contributed by atoms with Gasteiger partial charge in [0, 0.05) is 22.5 Å². The molecule has 0 spiro atoms. The standard InChI is InChI=1S/C28H32N4O3S/c1-27(2,3)20-14-19(15-21(24(20)34)28(4,5)6)31-16-23(33)32(26(31)35)18-11-9-17(10-12-18)30-25(29)22-8-7-13-36-22/h7-15,34H,16H2,1-6H3,(H2,29,30). The average Bonchev–Trinajstić information content (AvgIpc) is 3.41. The molecule has 1 saturated heterocycles. The molecule has 7 nitrogen and oxygen atoms in total. The molecule has 8 heteroatoms. The Balaban J connectivity index is 1.62. The smallest absolute Gasteiger partial charge is 0.336 e. The molecule has 0 aliphatic carbocycles. The van der Waals surface area contributed by atoms with E-state index in [0.29, 0.717) is 17.1 Å². The van der Waals surface area contributed by atoms with Crippen molar-refractivity contribution in [1.82, 2.24) is 0 Å². The molecule has 1 aliphatic heterocycles. The third kappa shape index (κ3) is 4.86. The van der Waals surface area contributed by atoms with Crippen molar-refractivity contribution >= 4 is 46.2 Å². The Bertz CT molecular complexity index is 1280. The number of rotatable bonds is 4. The van der Waals surface area contributed by atoms with Crippen molar-refractivity contribution < 1.29 is 14.7 Å². The van der Waals surface area contributed by atoms with Gasteiger partial charge in [0.15, 0.2) is 0 Å². The molecule has 3 N–H and O–H groups in total. The maximum absolute atomic E-state index is 13.5. The van der Waals surface area contributed by atoms with Crippen LogP contribution in [0.15, 0.2) is 53.9 Å². The number of nitrogens with zero attached hydrogens (tertiary/aromatic N) is 2.